The van der Waals surface area contributed by atoms with Crippen molar-refractivity contribution >= 4 is 41.6 Å². The van der Waals surface area contributed by atoms with Crippen molar-refractivity contribution in [3.05, 3.63) is 16.7 Å². The molecule has 2 heterocycles. The van der Waals surface area contributed by atoms with Crippen LogP contribution in [0.5, 0.6) is 0 Å². The summed E-state index contributed by atoms with van der Waals surface area (Å²) < 4.78 is 49.0. The smallest absolute Gasteiger partial charge is 0.246 e. The molecule has 19 heavy (non-hydrogen) atoms. The Hall–Kier alpha value is -0.710. The third kappa shape index (κ3) is 3.07. The van der Waals surface area contributed by atoms with Crippen molar-refractivity contribution in [2.75, 3.05) is 30.3 Å². The predicted molar refractivity (Wildman–Crippen MR) is 73.8 cm³/mol. The topological polar surface area (TPSA) is 110 Å². The van der Waals surface area contributed by atoms with E-state index in [-0.39, 0.29) is 35.3 Å². The van der Waals surface area contributed by atoms with Gasteiger partial charge in [0.15, 0.2) is 9.84 Å². The van der Waals surface area contributed by atoms with Gasteiger partial charge in [0.05, 0.1) is 11.5 Å². The highest BCUT2D eigenvalue weighted by molar-refractivity contribution is 9.10. The summed E-state index contributed by atoms with van der Waals surface area (Å²) in [5.41, 5.74) is 5.58. The number of pyridine rings is 1. The van der Waals surface area contributed by atoms with Crippen LogP contribution in [0.15, 0.2) is 21.6 Å². The molecule has 0 atom stereocenters. The molecule has 1 aliphatic heterocycles. The van der Waals surface area contributed by atoms with Crippen LogP contribution in [-0.4, -0.2) is 50.7 Å². The van der Waals surface area contributed by atoms with Gasteiger partial charge in [0.25, 0.3) is 0 Å². The van der Waals surface area contributed by atoms with Crippen LogP contribution in [-0.2, 0) is 19.9 Å². The van der Waals surface area contributed by atoms with E-state index in [4.69, 9.17) is 5.73 Å². The molecule has 0 unspecified atom stereocenters. The van der Waals surface area contributed by atoms with E-state index in [1.165, 1.54) is 12.3 Å². The van der Waals surface area contributed by atoms with E-state index in [1.54, 1.807) is 0 Å². The third-order valence-electron chi connectivity index (χ3n) is 2.77. The van der Waals surface area contributed by atoms with Gasteiger partial charge in [-0.3, -0.25) is 0 Å². The van der Waals surface area contributed by atoms with Crippen molar-refractivity contribution in [3.8, 4) is 0 Å². The molecule has 1 aromatic rings. The van der Waals surface area contributed by atoms with Crippen molar-refractivity contribution in [1.29, 1.82) is 0 Å². The van der Waals surface area contributed by atoms with E-state index in [1.807, 2.05) is 0 Å². The zero-order valence-electron chi connectivity index (χ0n) is 9.78. The highest BCUT2D eigenvalue weighted by Crippen LogP contribution is 2.25. The van der Waals surface area contributed by atoms with Gasteiger partial charge in [-0.25, -0.2) is 21.8 Å². The molecule has 0 spiro atoms. The molecule has 0 radical (unpaired) electrons. The van der Waals surface area contributed by atoms with Gasteiger partial charge in [-0.2, -0.15) is 4.31 Å². The maximum absolute atomic E-state index is 12.4. The van der Waals surface area contributed by atoms with Crippen molar-refractivity contribution in [3.63, 3.8) is 0 Å². The number of nitrogen functional groups attached to an aromatic ring is 1. The van der Waals surface area contributed by atoms with E-state index in [0.29, 0.717) is 4.47 Å². The summed E-state index contributed by atoms with van der Waals surface area (Å²) in [6.45, 7) is -0.118. The fraction of sp³-hybridized carbons (Fsp3) is 0.444. The Bertz CT molecular complexity index is 688. The number of rotatable bonds is 2. The summed E-state index contributed by atoms with van der Waals surface area (Å²) in [6, 6.07) is 1.36. The first kappa shape index (κ1) is 14.7. The fourth-order valence-electron chi connectivity index (χ4n) is 1.71. The van der Waals surface area contributed by atoms with Crippen LogP contribution >= 0.6 is 15.9 Å². The molecule has 7 nitrogen and oxygen atoms in total. The first-order chi connectivity index (χ1) is 8.72. The van der Waals surface area contributed by atoms with E-state index in [0.717, 1.165) is 4.31 Å². The molecule has 2 rings (SSSR count). The first-order valence-corrected chi connectivity index (χ1v) is 9.39. The Morgan fingerprint density at radius 3 is 2.47 bits per heavy atom. The lowest BCUT2D eigenvalue weighted by atomic mass is 10.5. The normalized spacial score (nSPS) is 20.3. The van der Waals surface area contributed by atoms with Gasteiger partial charge in [0.2, 0.25) is 10.0 Å². The van der Waals surface area contributed by atoms with Crippen LogP contribution in [0.25, 0.3) is 0 Å². The number of hydrogen-bond acceptors (Lipinski definition) is 6. The minimum atomic E-state index is -3.81. The number of halogens is 1. The molecule has 0 aliphatic carbocycles. The second-order valence-electron chi connectivity index (χ2n) is 4.09. The fourth-order valence-corrected chi connectivity index (χ4v) is 5.16. The van der Waals surface area contributed by atoms with Crippen molar-refractivity contribution < 1.29 is 16.8 Å². The molecule has 106 valence electrons. The van der Waals surface area contributed by atoms with E-state index in [2.05, 4.69) is 20.9 Å². The van der Waals surface area contributed by atoms with Gasteiger partial charge in [-0.1, -0.05) is 0 Å². The SMILES string of the molecule is Nc1ncc(Br)cc1S(=O)(=O)N1CCS(=O)(=O)CC1. The van der Waals surface area contributed by atoms with Gasteiger partial charge in [-0.15, -0.1) is 0 Å². The third-order valence-corrected chi connectivity index (χ3v) is 6.74. The van der Waals surface area contributed by atoms with Crippen LogP contribution in [0, 0.1) is 0 Å². The summed E-state index contributed by atoms with van der Waals surface area (Å²) in [6.07, 6.45) is 1.40. The number of sulfone groups is 1. The van der Waals surface area contributed by atoms with E-state index >= 15 is 0 Å². The summed E-state index contributed by atoms with van der Waals surface area (Å²) in [5, 5.41) is 0. The summed E-state index contributed by atoms with van der Waals surface area (Å²) in [4.78, 5) is 3.67. The maximum Gasteiger partial charge on any atom is 0.246 e. The Kier molecular flexibility index (Phi) is 3.87. The molecule has 0 amide bonds. The van der Waals surface area contributed by atoms with Gasteiger partial charge in [0.1, 0.15) is 10.7 Å². The molecule has 1 saturated heterocycles. The van der Waals surface area contributed by atoms with Gasteiger partial charge < -0.3 is 5.73 Å². The molecular weight excluding hydrogens is 358 g/mol. The largest absolute Gasteiger partial charge is 0.383 e. The lowest BCUT2D eigenvalue weighted by Crippen LogP contribution is -2.43. The highest BCUT2D eigenvalue weighted by Gasteiger charge is 2.32. The Morgan fingerprint density at radius 1 is 1.32 bits per heavy atom. The summed E-state index contributed by atoms with van der Waals surface area (Å²) in [7, 11) is -6.95. The quantitative estimate of drug-likeness (QED) is 0.775. The monoisotopic (exact) mass is 369 g/mol. The molecule has 2 N–H and O–H groups in total. The lowest BCUT2D eigenvalue weighted by molar-refractivity contribution is 0.431. The zero-order chi connectivity index (χ0) is 14.3. The predicted octanol–water partition coefficient (Wildman–Crippen LogP) is -0.155. The van der Waals surface area contributed by atoms with Crippen LogP contribution in [0.2, 0.25) is 0 Å². The van der Waals surface area contributed by atoms with Crippen LogP contribution in [0.4, 0.5) is 5.82 Å². The van der Waals surface area contributed by atoms with Crippen molar-refractivity contribution in [2.24, 2.45) is 0 Å². The molecule has 1 fully saturated rings. The molecule has 10 heteroatoms. The first-order valence-electron chi connectivity index (χ1n) is 5.34. The van der Waals surface area contributed by atoms with Crippen LogP contribution in [0.1, 0.15) is 0 Å². The lowest BCUT2D eigenvalue weighted by Gasteiger charge is -2.26. The van der Waals surface area contributed by atoms with E-state index < -0.39 is 19.9 Å². The Labute approximate surface area is 119 Å². The number of hydrogen-bond donors (Lipinski definition) is 1. The molecule has 0 aromatic carbocycles. The van der Waals surface area contributed by atoms with Gasteiger partial charge >= 0.3 is 0 Å². The minimum Gasteiger partial charge on any atom is -0.383 e. The van der Waals surface area contributed by atoms with E-state index in [9.17, 15) is 16.8 Å². The number of anilines is 1. The van der Waals surface area contributed by atoms with Gasteiger partial charge in [0, 0.05) is 23.8 Å². The standard InChI is InChI=1S/C9H12BrN3O4S2/c10-7-5-8(9(11)12-6-7)19(16,17)13-1-3-18(14,15)4-2-13/h5-6H,1-4H2,(H2,11,12). The highest BCUT2D eigenvalue weighted by atomic mass is 79.9. The average Bonchev–Trinajstić information content (AvgIpc) is 2.31. The number of aromatic nitrogens is 1. The second-order valence-corrected chi connectivity index (χ2v) is 9.22. The second kappa shape index (κ2) is 5.00. The Balaban J connectivity index is 2.36. The number of nitrogens with zero attached hydrogens (tertiary/aromatic N) is 2. The molecule has 1 aliphatic rings. The van der Waals surface area contributed by atoms with Crippen LogP contribution in [0.3, 0.4) is 0 Å². The van der Waals surface area contributed by atoms with Crippen molar-refractivity contribution in [1.82, 2.24) is 9.29 Å². The Morgan fingerprint density at radius 2 is 1.89 bits per heavy atom. The number of sulfonamides is 1. The molecular formula is C9H12BrN3O4S2. The zero-order valence-corrected chi connectivity index (χ0v) is 13.0. The maximum atomic E-state index is 12.4. The molecule has 0 bridgehead atoms. The molecule has 1 aromatic heterocycles. The van der Waals surface area contributed by atoms with Crippen LogP contribution < -0.4 is 5.73 Å². The van der Waals surface area contributed by atoms with Gasteiger partial charge in [-0.05, 0) is 22.0 Å². The summed E-state index contributed by atoms with van der Waals surface area (Å²) in [5.74, 6) is -0.446. The number of nitrogens with two attached hydrogens (primary N) is 1. The summed E-state index contributed by atoms with van der Waals surface area (Å²) >= 11 is 3.13. The molecule has 0 saturated carbocycles. The minimum absolute atomic E-state index is 0.0589. The average molecular weight is 370 g/mol. The van der Waals surface area contributed by atoms with Crippen molar-refractivity contribution in [2.45, 2.75) is 4.90 Å².